The first kappa shape index (κ1) is 26.3. The summed E-state index contributed by atoms with van der Waals surface area (Å²) in [5, 5.41) is -11.6. The zero-order valence-corrected chi connectivity index (χ0v) is 14.7. The Hall–Kier alpha value is 0.320. The predicted molar refractivity (Wildman–Crippen MR) is 66.3 cm³/mol. The summed E-state index contributed by atoms with van der Waals surface area (Å²) < 4.78 is 169. The maximum absolute atomic E-state index is 13.6. The normalized spacial score (nSPS) is 19.8. The Labute approximate surface area is 158 Å². The van der Waals surface area contributed by atoms with Crippen LogP contribution >= 0.6 is 45.8 Å². The van der Waals surface area contributed by atoms with Crippen LogP contribution < -0.4 is 0 Å². The molecule has 0 saturated carbocycles. The maximum Gasteiger partial charge on any atom is 0.458 e. The third kappa shape index (κ3) is 5.02. The monoisotopic (exact) mass is 574 g/mol. The Balaban J connectivity index is 6.19. The molecule has 0 amide bonds. The Bertz CT molecular complexity index is 505. The van der Waals surface area contributed by atoms with Crippen molar-refractivity contribution in [2.75, 3.05) is 4.43 Å². The molecule has 0 aliphatic rings. The molecule has 0 rings (SSSR count). The standard InChI is InChI=1S/C8H2Cl2F13IO2/c9-4(14,15)5(10,16)26-8(22,23)3(13,6(17,18)19)25-7(20,21)2(11,12)1-24/h1H2. The van der Waals surface area contributed by atoms with E-state index in [0.717, 1.165) is 0 Å². The minimum absolute atomic E-state index is 0.451. The smallest absolute Gasteiger partial charge is 0.263 e. The lowest BCUT2D eigenvalue weighted by atomic mass is 10.2. The molecule has 0 aliphatic carbocycles. The van der Waals surface area contributed by atoms with Crippen molar-refractivity contribution in [2.24, 2.45) is 0 Å². The van der Waals surface area contributed by atoms with Gasteiger partial charge in [-0.05, 0) is 23.2 Å². The van der Waals surface area contributed by atoms with Crippen molar-refractivity contribution >= 4 is 45.8 Å². The summed E-state index contributed by atoms with van der Waals surface area (Å²) >= 11 is 8.23. The van der Waals surface area contributed by atoms with Crippen molar-refractivity contribution in [3.05, 3.63) is 0 Å². The minimum Gasteiger partial charge on any atom is -0.263 e. The highest BCUT2D eigenvalue weighted by Crippen LogP contribution is 2.55. The van der Waals surface area contributed by atoms with E-state index in [4.69, 9.17) is 0 Å². The van der Waals surface area contributed by atoms with Crippen molar-refractivity contribution < 1.29 is 66.5 Å². The van der Waals surface area contributed by atoms with Crippen molar-refractivity contribution in [1.82, 2.24) is 0 Å². The lowest BCUT2D eigenvalue weighted by Gasteiger charge is -2.39. The Morgan fingerprint density at radius 1 is 0.654 bits per heavy atom. The molecule has 2 atom stereocenters. The molecule has 2 unspecified atom stereocenters. The fourth-order valence-corrected chi connectivity index (χ4v) is 1.48. The Morgan fingerprint density at radius 3 is 1.31 bits per heavy atom. The second-order valence-corrected chi connectivity index (χ2v) is 5.91. The number of ether oxygens (including phenoxy) is 2. The molecule has 0 aromatic heterocycles. The van der Waals surface area contributed by atoms with E-state index < -0.39 is 45.3 Å². The van der Waals surface area contributed by atoms with Crippen LogP contribution in [0.25, 0.3) is 0 Å². The molecule has 0 fully saturated rings. The van der Waals surface area contributed by atoms with Gasteiger partial charge in [-0.1, -0.05) is 22.6 Å². The number of hydrogen-bond acceptors (Lipinski definition) is 2. The number of halogens is 16. The van der Waals surface area contributed by atoms with E-state index in [9.17, 15) is 57.1 Å². The van der Waals surface area contributed by atoms with Crippen molar-refractivity contribution in [1.29, 1.82) is 0 Å². The molecule has 18 heteroatoms. The summed E-state index contributed by atoms with van der Waals surface area (Å²) in [5.74, 6) is -12.9. The van der Waals surface area contributed by atoms with Gasteiger partial charge in [-0.25, -0.2) is 0 Å². The van der Waals surface area contributed by atoms with Crippen molar-refractivity contribution in [3.63, 3.8) is 0 Å². The van der Waals surface area contributed by atoms with Gasteiger partial charge >= 0.3 is 40.9 Å². The lowest BCUT2D eigenvalue weighted by molar-refractivity contribution is -0.529. The highest BCUT2D eigenvalue weighted by molar-refractivity contribution is 14.1. The van der Waals surface area contributed by atoms with E-state index in [-0.39, 0.29) is 0 Å². The summed E-state index contributed by atoms with van der Waals surface area (Å²) in [6, 6.07) is 0. The molecular weight excluding hydrogens is 573 g/mol. The lowest BCUT2D eigenvalue weighted by Crippen LogP contribution is -2.65. The van der Waals surface area contributed by atoms with Gasteiger partial charge in [-0.2, -0.15) is 57.1 Å². The van der Waals surface area contributed by atoms with Crippen LogP contribution in [0, 0.1) is 0 Å². The summed E-state index contributed by atoms with van der Waals surface area (Å²) in [5.41, 5.74) is 0. The van der Waals surface area contributed by atoms with Gasteiger partial charge < -0.3 is 0 Å². The first-order valence-corrected chi connectivity index (χ1v) is 7.55. The molecular formula is C8H2Cl2F13IO2. The van der Waals surface area contributed by atoms with Crippen LogP contribution in [-0.4, -0.2) is 45.3 Å². The number of rotatable bonds is 8. The van der Waals surface area contributed by atoms with E-state index in [0.29, 0.717) is 22.6 Å². The molecule has 0 spiro atoms. The summed E-state index contributed by atoms with van der Waals surface area (Å²) in [6.07, 6.45) is -21.1. The molecule has 0 aliphatic heterocycles. The minimum atomic E-state index is -7.34. The van der Waals surface area contributed by atoms with Gasteiger partial charge in [0.1, 0.15) is 0 Å². The second kappa shape index (κ2) is 7.29. The van der Waals surface area contributed by atoms with Crippen molar-refractivity contribution in [2.45, 2.75) is 40.9 Å². The third-order valence-electron chi connectivity index (χ3n) is 2.19. The third-order valence-corrected chi connectivity index (χ3v) is 3.80. The van der Waals surface area contributed by atoms with Crippen LogP contribution in [0.1, 0.15) is 0 Å². The highest BCUT2D eigenvalue weighted by atomic mass is 127. The largest absolute Gasteiger partial charge is 0.458 e. The molecule has 26 heavy (non-hydrogen) atoms. The summed E-state index contributed by atoms with van der Waals surface area (Å²) in [6.45, 7) is 0. The molecule has 0 N–H and O–H groups in total. The SMILES string of the molecule is FC(F)(F)C(F)(OC(F)(F)C(F)(F)CI)C(F)(F)OC(F)(Cl)C(F)(F)Cl. The highest BCUT2D eigenvalue weighted by Gasteiger charge is 2.81. The van der Waals surface area contributed by atoms with E-state index in [1.54, 1.807) is 0 Å². The molecule has 0 saturated heterocycles. The van der Waals surface area contributed by atoms with Crippen molar-refractivity contribution in [3.8, 4) is 0 Å². The predicted octanol–water partition coefficient (Wildman–Crippen LogP) is 6.20. The van der Waals surface area contributed by atoms with E-state index in [2.05, 4.69) is 27.9 Å². The fourth-order valence-electron chi connectivity index (χ4n) is 0.896. The zero-order chi connectivity index (χ0) is 21.6. The van der Waals surface area contributed by atoms with Crippen LogP contribution in [0.4, 0.5) is 57.1 Å². The van der Waals surface area contributed by atoms with E-state index >= 15 is 0 Å². The number of alkyl halides is 16. The van der Waals surface area contributed by atoms with Crippen LogP contribution in [-0.2, 0) is 9.47 Å². The molecule has 0 radical (unpaired) electrons. The van der Waals surface area contributed by atoms with Crippen LogP contribution in [0.5, 0.6) is 0 Å². The van der Waals surface area contributed by atoms with Gasteiger partial charge in [0.15, 0.2) is 0 Å². The average Bonchev–Trinajstić information content (AvgIpc) is 2.33. The van der Waals surface area contributed by atoms with Gasteiger partial charge in [0.05, 0.1) is 4.43 Å². The van der Waals surface area contributed by atoms with Gasteiger partial charge in [0.2, 0.25) is 0 Å². The molecule has 158 valence electrons. The first-order chi connectivity index (χ1) is 11.0. The maximum atomic E-state index is 13.6. The van der Waals surface area contributed by atoms with E-state index in [1.807, 2.05) is 4.74 Å². The van der Waals surface area contributed by atoms with E-state index in [1.165, 1.54) is 0 Å². The summed E-state index contributed by atoms with van der Waals surface area (Å²) in [4.78, 5) is 0. The second-order valence-electron chi connectivity index (χ2n) is 4.18. The van der Waals surface area contributed by atoms with Crippen LogP contribution in [0.15, 0.2) is 0 Å². The Kier molecular flexibility index (Phi) is 7.38. The zero-order valence-electron chi connectivity index (χ0n) is 11.1. The number of hydrogen-bond donors (Lipinski definition) is 0. The molecule has 2 nitrogen and oxygen atoms in total. The van der Waals surface area contributed by atoms with Gasteiger partial charge in [0, 0.05) is 0 Å². The van der Waals surface area contributed by atoms with Gasteiger partial charge in [-0.15, -0.1) is 0 Å². The molecule has 0 aromatic rings. The molecule has 0 bridgehead atoms. The average molecular weight is 575 g/mol. The van der Waals surface area contributed by atoms with Gasteiger partial charge in [-0.3, -0.25) is 9.47 Å². The molecule has 0 aromatic carbocycles. The Morgan fingerprint density at radius 2 is 1.04 bits per heavy atom. The van der Waals surface area contributed by atoms with Crippen LogP contribution in [0.2, 0.25) is 0 Å². The van der Waals surface area contributed by atoms with Crippen LogP contribution in [0.3, 0.4) is 0 Å². The quantitative estimate of drug-likeness (QED) is 0.195. The van der Waals surface area contributed by atoms with Gasteiger partial charge in [0.25, 0.3) is 0 Å². The molecule has 0 heterocycles. The first-order valence-electron chi connectivity index (χ1n) is 5.27. The summed E-state index contributed by atoms with van der Waals surface area (Å²) in [7, 11) is 0. The topological polar surface area (TPSA) is 18.5 Å². The fraction of sp³-hybridized carbons (Fsp3) is 1.00.